The van der Waals surface area contributed by atoms with Crippen molar-refractivity contribution in [2.75, 3.05) is 20.8 Å². The van der Waals surface area contributed by atoms with Gasteiger partial charge in [0, 0.05) is 28.8 Å². The van der Waals surface area contributed by atoms with Crippen LogP contribution in [0.15, 0.2) is 24.3 Å². The first-order chi connectivity index (χ1) is 11.0. The maximum absolute atomic E-state index is 11.7. The van der Waals surface area contributed by atoms with Gasteiger partial charge in [-0.25, -0.2) is 4.79 Å². The molecule has 122 valence electrons. The number of hydrogen-bond acceptors (Lipinski definition) is 6. The molecule has 0 spiro atoms. The first-order valence-electron chi connectivity index (χ1n) is 6.94. The van der Waals surface area contributed by atoms with Gasteiger partial charge in [0.15, 0.2) is 0 Å². The number of carbonyl (C=O) groups is 1. The smallest absolute Gasteiger partial charge is 0.338 e. The van der Waals surface area contributed by atoms with Crippen LogP contribution in [0.5, 0.6) is 0 Å². The Morgan fingerprint density at radius 1 is 1.35 bits per heavy atom. The molecule has 1 aromatic carbocycles. The van der Waals surface area contributed by atoms with E-state index in [-0.39, 0.29) is 10.6 Å². The molecule has 0 aliphatic carbocycles. The Hall–Kier alpha value is -2.25. The van der Waals surface area contributed by atoms with Gasteiger partial charge in [0.25, 0.3) is 5.69 Å². The van der Waals surface area contributed by atoms with Gasteiger partial charge in [0.1, 0.15) is 0 Å². The van der Waals surface area contributed by atoms with E-state index < -0.39 is 5.97 Å². The summed E-state index contributed by atoms with van der Waals surface area (Å²) in [5, 5.41) is 11.5. The Kier molecular flexibility index (Phi) is 5.46. The molecule has 0 fully saturated rings. The number of nitrogens with zero attached hydrogens (tertiary/aromatic N) is 1. The summed E-state index contributed by atoms with van der Waals surface area (Å²) in [6.45, 7) is 2.20. The number of hydrogen-bond donors (Lipinski definition) is 0. The highest BCUT2D eigenvalue weighted by molar-refractivity contribution is 7.15. The molecular formula is C16H17NO5S. The van der Waals surface area contributed by atoms with Crippen molar-refractivity contribution in [2.24, 2.45) is 0 Å². The lowest BCUT2D eigenvalue weighted by atomic mass is 10.0. The normalized spacial score (nSPS) is 10.6. The Balaban J connectivity index is 2.55. The van der Waals surface area contributed by atoms with Crippen LogP contribution in [-0.4, -0.2) is 31.7 Å². The van der Waals surface area contributed by atoms with Gasteiger partial charge in [0.2, 0.25) is 0 Å². The summed E-state index contributed by atoms with van der Waals surface area (Å²) in [7, 11) is 2.87. The minimum Gasteiger partial charge on any atom is -0.465 e. The molecule has 23 heavy (non-hydrogen) atoms. The molecule has 0 atom stereocenters. The van der Waals surface area contributed by atoms with Crippen LogP contribution in [0.4, 0.5) is 5.69 Å². The summed E-state index contributed by atoms with van der Waals surface area (Å²) in [4.78, 5) is 24.3. The summed E-state index contributed by atoms with van der Waals surface area (Å²) < 4.78 is 9.75. The molecule has 0 bridgehead atoms. The molecule has 0 aliphatic rings. The van der Waals surface area contributed by atoms with E-state index in [4.69, 9.17) is 9.47 Å². The minimum atomic E-state index is -0.441. The maximum atomic E-state index is 11.7. The lowest BCUT2D eigenvalue weighted by Crippen LogP contribution is -2.02. The number of thiophene rings is 1. The van der Waals surface area contributed by atoms with Crippen molar-refractivity contribution in [3.8, 4) is 10.4 Å². The highest BCUT2D eigenvalue weighted by Gasteiger charge is 2.23. The Labute approximate surface area is 137 Å². The predicted octanol–water partition coefficient (Wildman–Crippen LogP) is 3.61. The zero-order valence-electron chi connectivity index (χ0n) is 13.1. The number of rotatable bonds is 6. The molecule has 0 aliphatic heterocycles. The first kappa shape index (κ1) is 17.1. The molecule has 0 N–H and O–H groups in total. The van der Waals surface area contributed by atoms with Gasteiger partial charge in [-0.15, -0.1) is 11.3 Å². The van der Waals surface area contributed by atoms with E-state index in [1.54, 1.807) is 38.3 Å². The second-order valence-corrected chi connectivity index (χ2v) is 6.14. The quantitative estimate of drug-likeness (QED) is 0.458. The fourth-order valence-corrected chi connectivity index (χ4v) is 3.38. The molecule has 7 heteroatoms. The van der Waals surface area contributed by atoms with Gasteiger partial charge in [-0.1, -0.05) is 12.1 Å². The van der Waals surface area contributed by atoms with E-state index in [0.717, 1.165) is 4.88 Å². The van der Waals surface area contributed by atoms with Crippen LogP contribution in [0.3, 0.4) is 0 Å². The van der Waals surface area contributed by atoms with Crippen molar-refractivity contribution in [1.82, 2.24) is 0 Å². The second-order valence-electron chi connectivity index (χ2n) is 4.89. The molecule has 0 radical (unpaired) electrons. The lowest BCUT2D eigenvalue weighted by molar-refractivity contribution is -0.384. The standard InChI is InChI=1S/C16H17NO5S/c1-10-13(16(18)22-3)9-14(23-10)12-6-4-5-11(7-8-21-2)15(12)17(19)20/h4-6,9H,7-8H2,1-3H3. The Morgan fingerprint density at radius 3 is 2.70 bits per heavy atom. The molecule has 1 aromatic heterocycles. The highest BCUT2D eigenvalue weighted by Crippen LogP contribution is 2.38. The third-order valence-electron chi connectivity index (χ3n) is 3.47. The molecule has 0 unspecified atom stereocenters. The van der Waals surface area contributed by atoms with Gasteiger partial charge in [0.05, 0.1) is 29.8 Å². The lowest BCUT2D eigenvalue weighted by Gasteiger charge is -2.06. The fourth-order valence-electron chi connectivity index (χ4n) is 2.35. The van der Waals surface area contributed by atoms with Crippen molar-refractivity contribution in [2.45, 2.75) is 13.3 Å². The third-order valence-corrected chi connectivity index (χ3v) is 4.55. The minimum absolute atomic E-state index is 0.0576. The molecular weight excluding hydrogens is 318 g/mol. The van der Waals surface area contributed by atoms with Crippen LogP contribution in [0.2, 0.25) is 0 Å². The van der Waals surface area contributed by atoms with Crippen molar-refractivity contribution < 1.29 is 19.2 Å². The van der Waals surface area contributed by atoms with E-state index in [1.807, 2.05) is 0 Å². The zero-order valence-corrected chi connectivity index (χ0v) is 13.9. The average molecular weight is 335 g/mol. The first-order valence-corrected chi connectivity index (χ1v) is 7.75. The SMILES string of the molecule is COCCc1cccc(-c2cc(C(=O)OC)c(C)s2)c1[N+](=O)[O-]. The van der Waals surface area contributed by atoms with Gasteiger partial charge >= 0.3 is 5.97 Å². The van der Waals surface area contributed by atoms with Crippen LogP contribution in [0.25, 0.3) is 10.4 Å². The number of carbonyl (C=O) groups excluding carboxylic acids is 1. The maximum Gasteiger partial charge on any atom is 0.338 e. The Morgan fingerprint density at radius 2 is 2.09 bits per heavy atom. The van der Waals surface area contributed by atoms with E-state index in [9.17, 15) is 14.9 Å². The van der Waals surface area contributed by atoms with E-state index in [1.165, 1.54) is 18.4 Å². The zero-order chi connectivity index (χ0) is 17.0. The Bertz CT molecular complexity index is 738. The van der Waals surface area contributed by atoms with E-state index in [2.05, 4.69) is 0 Å². The molecule has 0 saturated carbocycles. The number of methoxy groups -OCH3 is 2. The molecule has 0 saturated heterocycles. The number of aryl methyl sites for hydroxylation is 1. The van der Waals surface area contributed by atoms with Crippen LogP contribution in [0, 0.1) is 17.0 Å². The number of ether oxygens (including phenoxy) is 2. The number of para-hydroxylation sites is 1. The predicted molar refractivity (Wildman–Crippen MR) is 88.1 cm³/mol. The van der Waals surface area contributed by atoms with E-state index in [0.29, 0.717) is 34.6 Å². The van der Waals surface area contributed by atoms with Crippen molar-refractivity contribution >= 4 is 23.0 Å². The number of nitro benzene ring substituents is 1. The number of nitro groups is 1. The van der Waals surface area contributed by atoms with Gasteiger partial charge in [-0.3, -0.25) is 10.1 Å². The topological polar surface area (TPSA) is 78.7 Å². The van der Waals surface area contributed by atoms with Crippen LogP contribution >= 0.6 is 11.3 Å². The van der Waals surface area contributed by atoms with Crippen molar-refractivity contribution in [3.05, 3.63) is 50.4 Å². The molecule has 1 heterocycles. The summed E-state index contributed by atoms with van der Waals surface area (Å²) in [6, 6.07) is 6.84. The monoisotopic (exact) mass is 335 g/mol. The van der Waals surface area contributed by atoms with Gasteiger partial charge < -0.3 is 9.47 Å². The van der Waals surface area contributed by atoms with Gasteiger partial charge in [-0.2, -0.15) is 0 Å². The van der Waals surface area contributed by atoms with Crippen molar-refractivity contribution in [3.63, 3.8) is 0 Å². The number of esters is 1. The molecule has 6 nitrogen and oxygen atoms in total. The summed E-state index contributed by atoms with van der Waals surface area (Å²) in [5.41, 5.74) is 1.61. The molecule has 2 aromatic rings. The summed E-state index contributed by atoms with van der Waals surface area (Å²) in [5.74, 6) is -0.441. The van der Waals surface area contributed by atoms with Crippen LogP contribution in [0.1, 0.15) is 20.8 Å². The van der Waals surface area contributed by atoms with E-state index >= 15 is 0 Å². The molecule has 0 amide bonds. The summed E-state index contributed by atoms with van der Waals surface area (Å²) in [6.07, 6.45) is 0.453. The highest BCUT2D eigenvalue weighted by atomic mass is 32.1. The largest absolute Gasteiger partial charge is 0.465 e. The third kappa shape index (κ3) is 3.57. The van der Waals surface area contributed by atoms with Crippen LogP contribution in [-0.2, 0) is 15.9 Å². The molecule has 2 rings (SSSR count). The van der Waals surface area contributed by atoms with Gasteiger partial charge in [-0.05, 0) is 19.1 Å². The summed E-state index contributed by atoms with van der Waals surface area (Å²) >= 11 is 1.34. The number of benzene rings is 1. The fraction of sp³-hybridized carbons (Fsp3) is 0.312. The van der Waals surface area contributed by atoms with Crippen LogP contribution < -0.4 is 0 Å². The average Bonchev–Trinajstić information content (AvgIpc) is 2.93. The van der Waals surface area contributed by atoms with Crippen molar-refractivity contribution in [1.29, 1.82) is 0 Å². The second kappa shape index (κ2) is 7.34.